The fourth-order valence-corrected chi connectivity index (χ4v) is 3.59. The molecule has 0 saturated heterocycles. The molecule has 0 saturated carbocycles. The van der Waals surface area contributed by atoms with Gasteiger partial charge >= 0.3 is 0 Å². The SMILES string of the molecule is CCOc1ccc(S(=O)(=O)Nc2ccc(C(=O)N/N=C/c3ccc(C)o3)cc2)cc1. The number of rotatable bonds is 8. The second kappa shape index (κ2) is 9.27. The molecule has 8 nitrogen and oxygen atoms in total. The number of hydrogen-bond donors (Lipinski definition) is 2. The molecule has 9 heteroatoms. The Bertz CT molecular complexity index is 1130. The molecule has 0 unspecified atom stereocenters. The van der Waals surface area contributed by atoms with Gasteiger partial charge in [0.05, 0.1) is 17.7 Å². The molecule has 0 bridgehead atoms. The molecule has 1 amide bonds. The molecule has 156 valence electrons. The number of sulfonamides is 1. The van der Waals surface area contributed by atoms with Crippen LogP contribution in [-0.2, 0) is 10.0 Å². The highest BCUT2D eigenvalue weighted by Gasteiger charge is 2.14. The van der Waals surface area contributed by atoms with Crippen LogP contribution in [0.2, 0.25) is 0 Å². The van der Waals surface area contributed by atoms with E-state index in [0.29, 0.717) is 29.4 Å². The third-order valence-corrected chi connectivity index (χ3v) is 5.36. The van der Waals surface area contributed by atoms with Gasteiger partial charge in [-0.15, -0.1) is 0 Å². The Morgan fingerprint density at radius 3 is 2.37 bits per heavy atom. The number of furan rings is 1. The second-order valence-electron chi connectivity index (χ2n) is 6.23. The molecule has 30 heavy (non-hydrogen) atoms. The van der Waals surface area contributed by atoms with Crippen LogP contribution in [-0.4, -0.2) is 27.1 Å². The molecule has 0 aliphatic carbocycles. The zero-order chi connectivity index (χ0) is 21.6. The van der Waals surface area contributed by atoms with Crippen LogP contribution in [0.5, 0.6) is 5.75 Å². The lowest BCUT2D eigenvalue weighted by Crippen LogP contribution is -2.18. The number of carbonyl (C=O) groups is 1. The van der Waals surface area contributed by atoms with Gasteiger partial charge in [0.1, 0.15) is 17.3 Å². The molecule has 1 heterocycles. The van der Waals surface area contributed by atoms with Crippen molar-refractivity contribution >= 4 is 27.8 Å². The van der Waals surface area contributed by atoms with Crippen molar-refractivity contribution in [2.45, 2.75) is 18.7 Å². The normalized spacial score (nSPS) is 11.4. The maximum absolute atomic E-state index is 12.5. The van der Waals surface area contributed by atoms with E-state index in [4.69, 9.17) is 9.15 Å². The summed E-state index contributed by atoms with van der Waals surface area (Å²) in [6, 6.07) is 15.6. The van der Waals surface area contributed by atoms with Crippen molar-refractivity contribution in [2.24, 2.45) is 5.10 Å². The number of nitrogens with zero attached hydrogens (tertiary/aromatic N) is 1. The number of anilines is 1. The lowest BCUT2D eigenvalue weighted by molar-refractivity contribution is 0.0955. The highest BCUT2D eigenvalue weighted by atomic mass is 32.2. The average Bonchev–Trinajstić information content (AvgIpc) is 3.14. The van der Waals surface area contributed by atoms with Crippen molar-refractivity contribution in [1.29, 1.82) is 0 Å². The first kappa shape index (κ1) is 21.1. The first-order valence-corrected chi connectivity index (χ1v) is 10.6. The molecule has 0 radical (unpaired) electrons. The molecule has 0 atom stereocenters. The average molecular weight is 427 g/mol. The summed E-state index contributed by atoms with van der Waals surface area (Å²) in [5.74, 6) is 1.42. The summed E-state index contributed by atoms with van der Waals surface area (Å²) < 4.78 is 38.1. The van der Waals surface area contributed by atoms with Gasteiger partial charge < -0.3 is 9.15 Å². The molecule has 3 aromatic rings. The minimum Gasteiger partial charge on any atom is -0.494 e. The number of amides is 1. The molecule has 0 fully saturated rings. The zero-order valence-corrected chi connectivity index (χ0v) is 17.3. The molecule has 0 aliphatic rings. The van der Waals surface area contributed by atoms with Crippen molar-refractivity contribution < 1.29 is 22.4 Å². The summed E-state index contributed by atoms with van der Waals surface area (Å²) in [6.07, 6.45) is 1.39. The Kier molecular flexibility index (Phi) is 6.53. The third kappa shape index (κ3) is 5.48. The summed E-state index contributed by atoms with van der Waals surface area (Å²) >= 11 is 0. The Hall–Kier alpha value is -3.59. The van der Waals surface area contributed by atoms with Crippen molar-refractivity contribution in [3.63, 3.8) is 0 Å². The van der Waals surface area contributed by atoms with Gasteiger partial charge in [-0.3, -0.25) is 9.52 Å². The van der Waals surface area contributed by atoms with Crippen LogP contribution in [0.25, 0.3) is 0 Å². The quantitative estimate of drug-likeness (QED) is 0.422. The highest BCUT2D eigenvalue weighted by molar-refractivity contribution is 7.92. The van der Waals surface area contributed by atoms with E-state index in [1.165, 1.54) is 42.6 Å². The second-order valence-corrected chi connectivity index (χ2v) is 7.92. The van der Waals surface area contributed by atoms with Crippen molar-refractivity contribution in [3.05, 3.63) is 77.7 Å². The fourth-order valence-electron chi connectivity index (χ4n) is 2.53. The number of benzene rings is 2. The van der Waals surface area contributed by atoms with Crippen LogP contribution in [0.4, 0.5) is 5.69 Å². The number of hydrogen-bond acceptors (Lipinski definition) is 6. The number of hydrazone groups is 1. The van der Waals surface area contributed by atoms with Gasteiger partial charge in [0, 0.05) is 11.3 Å². The zero-order valence-electron chi connectivity index (χ0n) is 16.5. The lowest BCUT2D eigenvalue weighted by Gasteiger charge is -2.09. The minimum absolute atomic E-state index is 0.107. The van der Waals surface area contributed by atoms with Crippen LogP contribution < -0.4 is 14.9 Å². The van der Waals surface area contributed by atoms with E-state index in [1.807, 2.05) is 13.8 Å². The first-order valence-electron chi connectivity index (χ1n) is 9.13. The van der Waals surface area contributed by atoms with Crippen molar-refractivity contribution in [3.8, 4) is 5.75 Å². The molecular weight excluding hydrogens is 406 g/mol. The Balaban J connectivity index is 1.61. The van der Waals surface area contributed by atoms with E-state index in [0.717, 1.165) is 5.76 Å². The number of aryl methyl sites for hydroxylation is 1. The molecule has 2 aromatic carbocycles. The van der Waals surface area contributed by atoms with Gasteiger partial charge in [-0.2, -0.15) is 5.10 Å². The number of nitrogens with one attached hydrogen (secondary N) is 2. The predicted molar refractivity (Wildman–Crippen MR) is 113 cm³/mol. The van der Waals surface area contributed by atoms with Gasteiger partial charge in [0.15, 0.2) is 0 Å². The highest BCUT2D eigenvalue weighted by Crippen LogP contribution is 2.19. The molecule has 0 aliphatic heterocycles. The van der Waals surface area contributed by atoms with Crippen LogP contribution in [0.3, 0.4) is 0 Å². The van der Waals surface area contributed by atoms with E-state index in [2.05, 4.69) is 15.2 Å². The van der Waals surface area contributed by atoms with Gasteiger partial charge in [-0.05, 0) is 74.5 Å². The van der Waals surface area contributed by atoms with Crippen LogP contribution in [0.1, 0.15) is 28.8 Å². The monoisotopic (exact) mass is 427 g/mol. The van der Waals surface area contributed by atoms with Gasteiger partial charge in [-0.1, -0.05) is 0 Å². The molecule has 3 rings (SSSR count). The van der Waals surface area contributed by atoms with Crippen LogP contribution in [0.15, 0.2) is 75.1 Å². The van der Waals surface area contributed by atoms with E-state index in [9.17, 15) is 13.2 Å². The summed E-state index contributed by atoms with van der Waals surface area (Å²) in [5.41, 5.74) is 3.04. The molecule has 0 spiro atoms. The fraction of sp³-hybridized carbons (Fsp3) is 0.143. The van der Waals surface area contributed by atoms with Crippen molar-refractivity contribution in [1.82, 2.24) is 5.43 Å². The summed E-state index contributed by atoms with van der Waals surface area (Å²) in [6.45, 7) is 4.15. The minimum atomic E-state index is -3.76. The van der Waals surface area contributed by atoms with Gasteiger partial charge in [0.2, 0.25) is 0 Å². The predicted octanol–water partition coefficient (Wildman–Crippen LogP) is 3.55. The van der Waals surface area contributed by atoms with Crippen LogP contribution in [0, 0.1) is 6.92 Å². The molecule has 2 N–H and O–H groups in total. The van der Waals surface area contributed by atoms with Gasteiger partial charge in [-0.25, -0.2) is 13.8 Å². The van der Waals surface area contributed by atoms with E-state index < -0.39 is 15.9 Å². The maximum Gasteiger partial charge on any atom is 0.271 e. The smallest absolute Gasteiger partial charge is 0.271 e. The van der Waals surface area contributed by atoms with Crippen molar-refractivity contribution in [2.75, 3.05) is 11.3 Å². The molecule has 1 aromatic heterocycles. The summed E-state index contributed by atoms with van der Waals surface area (Å²) in [7, 11) is -3.76. The Labute approximate surface area is 174 Å². The van der Waals surface area contributed by atoms with Crippen LogP contribution >= 0.6 is 0 Å². The van der Waals surface area contributed by atoms with E-state index in [-0.39, 0.29) is 4.90 Å². The number of ether oxygens (including phenoxy) is 1. The topological polar surface area (TPSA) is 110 Å². The first-order chi connectivity index (χ1) is 14.4. The Morgan fingerprint density at radius 2 is 1.77 bits per heavy atom. The summed E-state index contributed by atoms with van der Waals surface area (Å²) in [4.78, 5) is 12.2. The Morgan fingerprint density at radius 1 is 1.07 bits per heavy atom. The van der Waals surface area contributed by atoms with E-state index >= 15 is 0 Å². The lowest BCUT2D eigenvalue weighted by atomic mass is 10.2. The summed E-state index contributed by atoms with van der Waals surface area (Å²) in [5, 5.41) is 3.83. The standard InChI is InChI=1S/C21H21N3O5S/c1-3-28-18-10-12-20(13-11-18)30(26,27)24-17-7-5-16(6-8-17)21(25)23-22-14-19-9-4-15(2)29-19/h4-14,24H,3H2,1-2H3,(H,23,25)/b22-14+. The van der Waals surface area contributed by atoms with Gasteiger partial charge in [0.25, 0.3) is 15.9 Å². The largest absolute Gasteiger partial charge is 0.494 e. The molecular formula is C21H21N3O5S. The van der Waals surface area contributed by atoms with E-state index in [1.54, 1.807) is 24.3 Å². The maximum atomic E-state index is 12.5. The number of carbonyl (C=O) groups excluding carboxylic acids is 1. The third-order valence-electron chi connectivity index (χ3n) is 3.96.